The molecule has 0 aromatic carbocycles. The van der Waals surface area contributed by atoms with Gasteiger partial charge in [0.1, 0.15) is 0 Å². The highest BCUT2D eigenvalue weighted by Gasteiger charge is 2.32. The van der Waals surface area contributed by atoms with Crippen LogP contribution >= 0.6 is 0 Å². The maximum absolute atomic E-state index is 11.1. The van der Waals surface area contributed by atoms with Gasteiger partial charge < -0.3 is 16.4 Å². The molecule has 1 atom stereocenters. The van der Waals surface area contributed by atoms with Gasteiger partial charge in [0.25, 0.3) is 0 Å². The fourth-order valence-corrected chi connectivity index (χ4v) is 1.46. The van der Waals surface area contributed by atoms with Gasteiger partial charge in [-0.2, -0.15) is 0 Å². The number of hydrogen-bond acceptors (Lipinski definition) is 2. The van der Waals surface area contributed by atoms with Crippen molar-refractivity contribution in [1.82, 2.24) is 4.90 Å². The minimum Gasteiger partial charge on any atom is -0.370 e. The molecule has 1 fully saturated rings. The Morgan fingerprint density at radius 3 is 2.85 bits per heavy atom. The number of guanidine groups is 1. The molecular weight excluding hydrogens is 168 g/mol. The number of amides is 1. The van der Waals surface area contributed by atoms with Crippen LogP contribution in [-0.4, -0.2) is 36.9 Å². The lowest BCUT2D eigenvalue weighted by Gasteiger charge is -2.35. The van der Waals surface area contributed by atoms with Crippen molar-refractivity contribution in [1.29, 1.82) is 0 Å². The largest absolute Gasteiger partial charge is 0.370 e. The molecule has 0 bridgehead atoms. The number of nitrogens with zero attached hydrogens (tertiary/aromatic N) is 2. The first-order valence-corrected chi connectivity index (χ1v) is 4.41. The molecule has 4 N–H and O–H groups in total. The van der Waals surface area contributed by atoms with E-state index in [1.807, 2.05) is 7.05 Å². The van der Waals surface area contributed by atoms with E-state index < -0.39 is 0 Å². The highest BCUT2D eigenvalue weighted by Crippen LogP contribution is 2.20. The zero-order chi connectivity index (χ0) is 9.84. The summed E-state index contributed by atoms with van der Waals surface area (Å²) in [6.07, 6.45) is 1.77. The van der Waals surface area contributed by atoms with Crippen LogP contribution in [0.15, 0.2) is 4.99 Å². The predicted molar refractivity (Wildman–Crippen MR) is 51.0 cm³/mol. The van der Waals surface area contributed by atoms with Crippen LogP contribution in [0.25, 0.3) is 0 Å². The SMILES string of the molecule is CN1CC(CCCN=C(N)N)C1=O. The van der Waals surface area contributed by atoms with Crippen molar-refractivity contribution in [3.63, 3.8) is 0 Å². The summed E-state index contributed by atoms with van der Waals surface area (Å²) in [6, 6.07) is 0. The van der Waals surface area contributed by atoms with Crippen molar-refractivity contribution in [3.8, 4) is 0 Å². The first kappa shape index (κ1) is 9.83. The second-order valence-corrected chi connectivity index (χ2v) is 3.36. The summed E-state index contributed by atoms with van der Waals surface area (Å²) in [6.45, 7) is 1.50. The van der Waals surface area contributed by atoms with Crippen molar-refractivity contribution >= 4 is 11.9 Å². The molecule has 0 radical (unpaired) electrons. The fraction of sp³-hybridized carbons (Fsp3) is 0.750. The van der Waals surface area contributed by atoms with E-state index in [0.717, 1.165) is 19.4 Å². The van der Waals surface area contributed by atoms with Crippen LogP contribution < -0.4 is 11.5 Å². The normalized spacial score (nSPS) is 21.2. The second-order valence-electron chi connectivity index (χ2n) is 3.36. The lowest BCUT2D eigenvalue weighted by atomic mass is 9.94. The Morgan fingerprint density at radius 1 is 1.69 bits per heavy atom. The van der Waals surface area contributed by atoms with Gasteiger partial charge in [-0.1, -0.05) is 0 Å². The smallest absolute Gasteiger partial charge is 0.227 e. The molecule has 0 spiro atoms. The van der Waals surface area contributed by atoms with Gasteiger partial charge in [-0.05, 0) is 12.8 Å². The lowest BCUT2D eigenvalue weighted by Crippen LogP contribution is -2.49. The Labute approximate surface area is 77.8 Å². The number of likely N-dealkylation sites (tertiary alicyclic amines) is 1. The summed E-state index contributed by atoms with van der Waals surface area (Å²) < 4.78 is 0. The Hall–Kier alpha value is -1.26. The third-order valence-electron chi connectivity index (χ3n) is 2.22. The molecule has 1 amide bonds. The van der Waals surface area contributed by atoms with Gasteiger partial charge in [0.2, 0.25) is 5.91 Å². The molecule has 1 heterocycles. The molecule has 0 aromatic heterocycles. The minimum atomic E-state index is 0.122. The average molecular weight is 184 g/mol. The van der Waals surface area contributed by atoms with E-state index in [9.17, 15) is 4.79 Å². The van der Waals surface area contributed by atoms with E-state index >= 15 is 0 Å². The van der Waals surface area contributed by atoms with E-state index in [2.05, 4.69) is 4.99 Å². The molecule has 1 aliphatic rings. The molecule has 1 aliphatic heterocycles. The molecule has 1 saturated heterocycles. The zero-order valence-corrected chi connectivity index (χ0v) is 7.86. The molecular formula is C8H16N4O. The van der Waals surface area contributed by atoms with E-state index in [0.29, 0.717) is 6.54 Å². The predicted octanol–water partition coefficient (Wildman–Crippen LogP) is -0.872. The first-order chi connectivity index (χ1) is 6.11. The third kappa shape index (κ3) is 2.61. The van der Waals surface area contributed by atoms with Crippen LogP contribution in [0.5, 0.6) is 0 Å². The first-order valence-electron chi connectivity index (χ1n) is 4.41. The highest BCUT2D eigenvalue weighted by atomic mass is 16.2. The van der Waals surface area contributed by atoms with Crippen molar-refractivity contribution < 1.29 is 4.79 Å². The number of rotatable bonds is 4. The molecule has 0 aromatic rings. The summed E-state index contributed by atoms with van der Waals surface area (Å²) in [4.78, 5) is 16.7. The summed E-state index contributed by atoms with van der Waals surface area (Å²) in [5, 5.41) is 0. The van der Waals surface area contributed by atoms with Crippen LogP contribution in [0.2, 0.25) is 0 Å². The van der Waals surface area contributed by atoms with Gasteiger partial charge in [-0.3, -0.25) is 9.79 Å². The number of hydrogen-bond donors (Lipinski definition) is 2. The topological polar surface area (TPSA) is 84.7 Å². The summed E-state index contributed by atoms with van der Waals surface area (Å²) in [5.41, 5.74) is 10.3. The quantitative estimate of drug-likeness (QED) is 0.258. The monoisotopic (exact) mass is 184 g/mol. The van der Waals surface area contributed by atoms with Crippen LogP contribution in [0, 0.1) is 5.92 Å². The van der Waals surface area contributed by atoms with Crippen LogP contribution in [0.3, 0.4) is 0 Å². The Bertz CT molecular complexity index is 222. The third-order valence-corrected chi connectivity index (χ3v) is 2.22. The number of β-lactam (4-membered cyclic amide) rings is 1. The van der Waals surface area contributed by atoms with Gasteiger partial charge in [0.05, 0.1) is 5.92 Å². The highest BCUT2D eigenvalue weighted by molar-refractivity contribution is 5.84. The zero-order valence-electron chi connectivity index (χ0n) is 7.86. The second kappa shape index (κ2) is 4.11. The van der Waals surface area contributed by atoms with Gasteiger partial charge in [-0.25, -0.2) is 0 Å². The van der Waals surface area contributed by atoms with Crippen molar-refractivity contribution in [3.05, 3.63) is 0 Å². The molecule has 0 saturated carbocycles. The molecule has 0 aliphatic carbocycles. The fourth-order valence-electron chi connectivity index (χ4n) is 1.46. The summed E-state index contributed by atoms with van der Waals surface area (Å²) >= 11 is 0. The number of carbonyl (C=O) groups excluding carboxylic acids is 1. The standard InChI is InChI=1S/C8H16N4O/c1-12-5-6(7(12)13)3-2-4-11-8(9)10/h6H,2-5H2,1H3,(H4,9,10,11). The van der Waals surface area contributed by atoms with E-state index in [1.165, 1.54) is 0 Å². The molecule has 1 unspecified atom stereocenters. The molecule has 5 heteroatoms. The maximum atomic E-state index is 11.1. The van der Waals surface area contributed by atoms with Gasteiger partial charge in [0.15, 0.2) is 5.96 Å². The molecule has 5 nitrogen and oxygen atoms in total. The number of carbonyl (C=O) groups is 1. The summed E-state index contributed by atoms with van der Waals surface area (Å²) in [7, 11) is 1.81. The van der Waals surface area contributed by atoms with E-state index in [4.69, 9.17) is 11.5 Å². The van der Waals surface area contributed by atoms with Crippen LogP contribution in [0.1, 0.15) is 12.8 Å². The number of nitrogens with two attached hydrogens (primary N) is 2. The van der Waals surface area contributed by atoms with Gasteiger partial charge >= 0.3 is 0 Å². The Balaban J connectivity index is 2.08. The van der Waals surface area contributed by atoms with Crippen molar-refractivity contribution in [2.24, 2.45) is 22.4 Å². The van der Waals surface area contributed by atoms with Crippen LogP contribution in [0.4, 0.5) is 0 Å². The van der Waals surface area contributed by atoms with E-state index in [-0.39, 0.29) is 17.8 Å². The maximum Gasteiger partial charge on any atom is 0.227 e. The molecule has 74 valence electrons. The van der Waals surface area contributed by atoms with Crippen molar-refractivity contribution in [2.75, 3.05) is 20.1 Å². The lowest BCUT2D eigenvalue weighted by molar-refractivity contribution is -0.145. The van der Waals surface area contributed by atoms with Crippen LogP contribution in [-0.2, 0) is 4.79 Å². The van der Waals surface area contributed by atoms with Crippen molar-refractivity contribution in [2.45, 2.75) is 12.8 Å². The molecule has 13 heavy (non-hydrogen) atoms. The number of aliphatic imine (C=N–C) groups is 1. The van der Waals surface area contributed by atoms with E-state index in [1.54, 1.807) is 4.90 Å². The Kier molecular flexibility index (Phi) is 3.11. The average Bonchev–Trinajstić information content (AvgIpc) is 2.09. The Morgan fingerprint density at radius 2 is 2.38 bits per heavy atom. The minimum absolute atomic E-state index is 0.122. The van der Waals surface area contributed by atoms with Gasteiger partial charge in [0, 0.05) is 20.1 Å². The molecule has 1 rings (SSSR count). The summed E-state index contributed by atoms with van der Waals surface area (Å²) in [5.74, 6) is 0.570. The van der Waals surface area contributed by atoms with Gasteiger partial charge in [-0.15, -0.1) is 0 Å².